The Bertz CT molecular complexity index is 1320. The molecular weight excluding hydrogens is 510 g/mol. The van der Waals surface area contributed by atoms with Gasteiger partial charge in [-0.25, -0.2) is 13.2 Å². The lowest BCUT2D eigenvalue weighted by atomic mass is 10.1. The fourth-order valence-electron chi connectivity index (χ4n) is 4.50. The van der Waals surface area contributed by atoms with Crippen LogP contribution in [0.3, 0.4) is 0 Å². The molecule has 2 amide bonds. The Labute approximate surface area is 222 Å². The summed E-state index contributed by atoms with van der Waals surface area (Å²) in [5.74, 6) is -0.467. The first-order valence-electron chi connectivity index (χ1n) is 12.2. The van der Waals surface area contributed by atoms with Crippen molar-refractivity contribution in [3.63, 3.8) is 0 Å². The maximum absolute atomic E-state index is 13.6. The lowest BCUT2D eigenvalue weighted by Gasteiger charge is -2.27. The fraction of sp³-hybridized carbons (Fsp3) is 0.444. The summed E-state index contributed by atoms with van der Waals surface area (Å²) < 4.78 is 30.3. The van der Waals surface area contributed by atoms with Crippen molar-refractivity contribution >= 4 is 44.5 Å². The Morgan fingerprint density at radius 3 is 2.51 bits per heavy atom. The number of thioether (sulfide) groups is 1. The van der Waals surface area contributed by atoms with Gasteiger partial charge in [-0.1, -0.05) is 54.2 Å². The zero-order chi connectivity index (χ0) is 27.0. The smallest absolute Gasteiger partial charge is 0.408 e. The van der Waals surface area contributed by atoms with Crippen molar-refractivity contribution in [1.29, 1.82) is 0 Å². The Morgan fingerprint density at radius 1 is 1.14 bits per heavy atom. The van der Waals surface area contributed by atoms with Crippen LogP contribution in [-0.2, 0) is 25.8 Å². The molecule has 3 atom stereocenters. The molecule has 2 saturated heterocycles. The van der Waals surface area contributed by atoms with E-state index < -0.39 is 33.5 Å². The van der Waals surface area contributed by atoms with Gasteiger partial charge in [-0.15, -0.1) is 0 Å². The van der Waals surface area contributed by atoms with E-state index in [1.165, 1.54) is 11.8 Å². The number of aliphatic imine (C=N–C) groups is 1. The summed E-state index contributed by atoms with van der Waals surface area (Å²) in [6.45, 7) is 9.19. The molecule has 0 aliphatic carbocycles. The Morgan fingerprint density at radius 2 is 1.84 bits per heavy atom. The third-order valence-corrected chi connectivity index (χ3v) is 9.38. The fourth-order valence-corrected chi connectivity index (χ4v) is 8.41. The summed E-state index contributed by atoms with van der Waals surface area (Å²) in [4.78, 5) is 32.5. The highest BCUT2D eigenvalue weighted by atomic mass is 32.2. The number of alkyl carbamates (subject to hydrolysis) is 1. The summed E-state index contributed by atoms with van der Waals surface area (Å²) in [6, 6.07) is 14.1. The average molecular weight is 544 g/mol. The molecule has 2 aliphatic rings. The van der Waals surface area contributed by atoms with E-state index in [9.17, 15) is 18.0 Å². The molecule has 0 saturated carbocycles. The predicted molar refractivity (Wildman–Crippen MR) is 148 cm³/mol. The lowest BCUT2D eigenvalue weighted by molar-refractivity contribution is -0.119. The van der Waals surface area contributed by atoms with Crippen molar-refractivity contribution < 1.29 is 22.7 Å². The summed E-state index contributed by atoms with van der Waals surface area (Å²) in [7, 11) is -3.19. The van der Waals surface area contributed by atoms with Crippen LogP contribution in [0.2, 0.25) is 0 Å². The SMILES string of the molecule is Cc1ccc(C)c(N2C(=NC(=O)[C@@H](Cc3ccccc3)NC(=O)OC(C)(C)C)S[C@@H]3CS(=O)(=O)C[C@H]32)c1. The number of amides is 2. The average Bonchev–Trinajstić information content (AvgIpc) is 3.25. The third kappa shape index (κ3) is 6.73. The quantitative estimate of drug-likeness (QED) is 0.607. The van der Waals surface area contributed by atoms with E-state index in [1.54, 1.807) is 20.8 Å². The first kappa shape index (κ1) is 27.2. The van der Waals surface area contributed by atoms with Crippen LogP contribution in [-0.4, -0.2) is 60.0 Å². The molecule has 0 bridgehead atoms. The summed E-state index contributed by atoms with van der Waals surface area (Å²) in [5.41, 5.74) is 2.96. The van der Waals surface area contributed by atoms with Crippen LogP contribution in [0.25, 0.3) is 0 Å². The number of fused-ring (bicyclic) bond motifs is 1. The highest BCUT2D eigenvalue weighted by molar-refractivity contribution is 8.16. The van der Waals surface area contributed by atoms with Crippen LogP contribution in [0.4, 0.5) is 10.5 Å². The van der Waals surface area contributed by atoms with Gasteiger partial charge in [0, 0.05) is 17.4 Å². The number of hydrogen-bond donors (Lipinski definition) is 1. The highest BCUT2D eigenvalue weighted by Crippen LogP contribution is 2.42. The van der Waals surface area contributed by atoms with Gasteiger partial charge in [0.1, 0.15) is 11.6 Å². The Hall–Kier alpha value is -2.85. The summed E-state index contributed by atoms with van der Waals surface area (Å²) >= 11 is 1.31. The number of ether oxygens (including phenoxy) is 1. The summed E-state index contributed by atoms with van der Waals surface area (Å²) in [6.07, 6.45) is -0.458. The van der Waals surface area contributed by atoms with Gasteiger partial charge in [0.15, 0.2) is 15.0 Å². The standard InChI is InChI=1S/C27H33N3O5S2/c1-17-11-12-18(2)21(13-17)30-22-15-37(33,34)16-23(22)36-25(30)29-24(31)20(14-19-9-7-6-8-10-19)28-26(32)35-27(3,4)5/h6-13,20,22-23H,14-16H2,1-5H3,(H,28,32)/t20-,22-,23-/m1/s1. The predicted octanol–water partition coefficient (Wildman–Crippen LogP) is 4.04. The van der Waals surface area contributed by atoms with Crippen molar-refractivity contribution in [2.75, 3.05) is 16.4 Å². The van der Waals surface area contributed by atoms with Gasteiger partial charge >= 0.3 is 6.09 Å². The molecule has 4 rings (SSSR count). The van der Waals surface area contributed by atoms with Crippen molar-refractivity contribution in [1.82, 2.24) is 5.32 Å². The van der Waals surface area contributed by atoms with Crippen LogP contribution >= 0.6 is 11.8 Å². The molecule has 0 spiro atoms. The third-order valence-electron chi connectivity index (χ3n) is 6.17. The van der Waals surface area contributed by atoms with E-state index in [1.807, 2.05) is 67.3 Å². The number of aryl methyl sites for hydroxylation is 2. The Balaban J connectivity index is 1.68. The van der Waals surface area contributed by atoms with Crippen LogP contribution < -0.4 is 10.2 Å². The second-order valence-electron chi connectivity index (χ2n) is 10.6. The van der Waals surface area contributed by atoms with Gasteiger partial charge in [0.2, 0.25) is 0 Å². The van der Waals surface area contributed by atoms with Gasteiger partial charge in [-0.2, -0.15) is 4.99 Å². The molecular formula is C27H33N3O5S2. The van der Waals surface area contributed by atoms with Crippen LogP contribution in [0.1, 0.15) is 37.5 Å². The largest absolute Gasteiger partial charge is 0.444 e. The molecule has 0 unspecified atom stereocenters. The topological polar surface area (TPSA) is 105 Å². The number of nitrogens with zero attached hydrogens (tertiary/aromatic N) is 2. The first-order valence-corrected chi connectivity index (χ1v) is 14.9. The van der Waals surface area contributed by atoms with Gasteiger partial charge in [-0.05, 0) is 57.4 Å². The highest BCUT2D eigenvalue weighted by Gasteiger charge is 2.49. The number of sulfone groups is 1. The van der Waals surface area contributed by atoms with Crippen LogP contribution in [0, 0.1) is 13.8 Å². The maximum atomic E-state index is 13.6. The van der Waals surface area contributed by atoms with E-state index in [0.717, 1.165) is 22.4 Å². The van der Waals surface area contributed by atoms with Crippen molar-refractivity contribution in [3.05, 3.63) is 65.2 Å². The second kappa shape index (κ2) is 10.5. The number of rotatable bonds is 5. The molecule has 37 heavy (non-hydrogen) atoms. The molecule has 8 nitrogen and oxygen atoms in total. The van der Waals surface area contributed by atoms with Crippen LogP contribution in [0.5, 0.6) is 0 Å². The molecule has 2 aromatic carbocycles. The minimum Gasteiger partial charge on any atom is -0.444 e. The molecule has 0 radical (unpaired) electrons. The number of carbonyl (C=O) groups excluding carboxylic acids is 2. The van der Waals surface area contributed by atoms with Crippen molar-refractivity contribution in [2.45, 2.75) is 64.0 Å². The monoisotopic (exact) mass is 543 g/mol. The minimum absolute atomic E-state index is 0.00879. The van der Waals surface area contributed by atoms with Gasteiger partial charge in [0.05, 0.1) is 17.5 Å². The zero-order valence-electron chi connectivity index (χ0n) is 21.7. The van der Waals surface area contributed by atoms with Gasteiger partial charge in [-0.3, -0.25) is 4.79 Å². The van der Waals surface area contributed by atoms with Crippen LogP contribution in [0.15, 0.2) is 53.5 Å². The van der Waals surface area contributed by atoms with Gasteiger partial charge < -0.3 is 15.0 Å². The number of anilines is 1. The molecule has 10 heteroatoms. The minimum atomic E-state index is -3.19. The molecule has 2 aliphatic heterocycles. The van der Waals surface area contributed by atoms with E-state index >= 15 is 0 Å². The molecule has 2 fully saturated rings. The number of benzene rings is 2. The van der Waals surface area contributed by atoms with E-state index in [0.29, 0.717) is 5.17 Å². The van der Waals surface area contributed by atoms with E-state index in [2.05, 4.69) is 10.3 Å². The molecule has 2 aromatic rings. The number of carbonyl (C=O) groups is 2. The Kier molecular flexibility index (Phi) is 7.71. The number of hydrogen-bond acceptors (Lipinski definition) is 6. The molecule has 0 aromatic heterocycles. The number of nitrogens with one attached hydrogen (secondary N) is 1. The van der Waals surface area contributed by atoms with E-state index in [-0.39, 0.29) is 29.2 Å². The summed E-state index contributed by atoms with van der Waals surface area (Å²) in [5, 5.41) is 2.92. The number of amidine groups is 1. The van der Waals surface area contributed by atoms with E-state index in [4.69, 9.17) is 4.74 Å². The zero-order valence-corrected chi connectivity index (χ0v) is 23.4. The second-order valence-corrected chi connectivity index (χ2v) is 13.9. The first-order chi connectivity index (χ1) is 17.3. The molecule has 2 heterocycles. The maximum Gasteiger partial charge on any atom is 0.408 e. The van der Waals surface area contributed by atoms with Crippen molar-refractivity contribution in [2.24, 2.45) is 4.99 Å². The van der Waals surface area contributed by atoms with Gasteiger partial charge in [0.25, 0.3) is 5.91 Å². The van der Waals surface area contributed by atoms with Crippen molar-refractivity contribution in [3.8, 4) is 0 Å². The lowest BCUT2D eigenvalue weighted by Crippen LogP contribution is -2.45. The normalized spacial score (nSPS) is 22.5. The molecule has 1 N–H and O–H groups in total. The molecule has 198 valence electrons.